The van der Waals surface area contributed by atoms with E-state index in [1.165, 1.54) is 24.0 Å². The predicted molar refractivity (Wildman–Crippen MR) is 132 cm³/mol. The number of guanidine groups is 1. The number of benzene rings is 1. The number of amides is 3. The summed E-state index contributed by atoms with van der Waals surface area (Å²) < 4.78 is 0. The molecule has 2 rings (SSSR count). The number of nitrogens with two attached hydrogens (primary N) is 3. The van der Waals surface area contributed by atoms with Gasteiger partial charge in [0.25, 0.3) is 0 Å². The van der Waals surface area contributed by atoms with Crippen molar-refractivity contribution in [2.45, 2.75) is 63.2 Å². The van der Waals surface area contributed by atoms with Gasteiger partial charge in [-0.2, -0.15) is 0 Å². The van der Waals surface area contributed by atoms with Gasteiger partial charge in [-0.25, -0.2) is 4.79 Å². The highest BCUT2D eigenvalue weighted by Crippen LogP contribution is 2.19. The molecule has 1 aliphatic rings. The average Bonchev–Trinajstić information content (AvgIpc) is 3.31. The van der Waals surface area contributed by atoms with Gasteiger partial charge in [-0.1, -0.05) is 12.1 Å². The Hall–Kier alpha value is -3.87. The average molecular weight is 506 g/mol. The molecule has 0 bridgehead atoms. The quantitative estimate of drug-likeness (QED) is 0.0982. The topological polar surface area (TPSA) is 226 Å². The Morgan fingerprint density at radius 3 is 2.44 bits per heavy atom. The molecule has 1 aromatic carbocycles. The molecule has 4 unspecified atom stereocenters. The van der Waals surface area contributed by atoms with Crippen molar-refractivity contribution in [2.24, 2.45) is 22.2 Å². The number of phenolic OH excluding ortho intramolecular Hbond substituents is 1. The molecule has 1 aromatic rings. The number of aliphatic carboxylic acids is 1. The molecular formula is C23H35N7O6. The number of nitrogens with one attached hydrogen (secondary N) is 2. The molecule has 13 heteroatoms. The molecule has 1 saturated heterocycles. The number of likely N-dealkylation sites (tertiary alicyclic amines) is 1. The largest absolute Gasteiger partial charge is 0.508 e. The zero-order valence-corrected chi connectivity index (χ0v) is 20.2. The van der Waals surface area contributed by atoms with E-state index >= 15 is 0 Å². The molecule has 10 N–H and O–H groups in total. The number of hydrogen-bond donors (Lipinski definition) is 7. The van der Waals surface area contributed by atoms with Gasteiger partial charge in [0.15, 0.2) is 5.96 Å². The van der Waals surface area contributed by atoms with Gasteiger partial charge in [0.2, 0.25) is 17.7 Å². The van der Waals surface area contributed by atoms with Crippen molar-refractivity contribution in [1.82, 2.24) is 15.5 Å². The van der Waals surface area contributed by atoms with Gasteiger partial charge >= 0.3 is 5.97 Å². The minimum absolute atomic E-state index is 0.00948. The molecule has 4 atom stereocenters. The standard InChI is InChI=1S/C23H35N7O6/c1-13(28-19(32)16(24)4-2-10-27-23(25)26)21(34)30-11-3-5-18(30)20(33)29-17(22(35)36)12-14-6-8-15(31)9-7-14/h6-9,13,16-18,31H,2-5,10-12,24H2,1H3,(H,28,32)(H,29,33)(H,35,36)(H4,25,26,27). The van der Waals surface area contributed by atoms with E-state index < -0.39 is 47.9 Å². The second kappa shape index (κ2) is 13.3. The van der Waals surface area contributed by atoms with Crippen LogP contribution in [0.3, 0.4) is 0 Å². The number of carboxylic acids is 1. The molecule has 0 aromatic heterocycles. The van der Waals surface area contributed by atoms with Crippen molar-refractivity contribution in [3.63, 3.8) is 0 Å². The van der Waals surface area contributed by atoms with E-state index in [1.54, 1.807) is 12.1 Å². The lowest BCUT2D eigenvalue weighted by Gasteiger charge is -2.28. The van der Waals surface area contributed by atoms with Gasteiger partial charge < -0.3 is 42.9 Å². The normalized spacial score (nSPS) is 17.5. The van der Waals surface area contributed by atoms with Crippen LogP contribution >= 0.6 is 0 Å². The molecule has 0 aliphatic carbocycles. The first-order valence-electron chi connectivity index (χ1n) is 11.7. The molecule has 198 valence electrons. The van der Waals surface area contributed by atoms with Gasteiger partial charge in [-0.15, -0.1) is 0 Å². The fraction of sp³-hybridized carbons (Fsp3) is 0.522. The second-order valence-electron chi connectivity index (χ2n) is 8.75. The van der Waals surface area contributed by atoms with Crippen LogP contribution in [0.25, 0.3) is 0 Å². The highest BCUT2D eigenvalue weighted by atomic mass is 16.4. The van der Waals surface area contributed by atoms with Crippen LogP contribution in [-0.4, -0.2) is 82.0 Å². The summed E-state index contributed by atoms with van der Waals surface area (Å²) in [6.07, 6.45) is 1.74. The van der Waals surface area contributed by atoms with Crippen molar-refractivity contribution in [3.8, 4) is 5.75 Å². The molecule has 1 heterocycles. The summed E-state index contributed by atoms with van der Waals surface area (Å²) in [4.78, 5) is 55.2. The summed E-state index contributed by atoms with van der Waals surface area (Å²) in [6, 6.07) is 2.14. The van der Waals surface area contributed by atoms with Crippen LogP contribution < -0.4 is 27.8 Å². The summed E-state index contributed by atoms with van der Waals surface area (Å²) in [5.41, 5.74) is 17.0. The first kappa shape index (κ1) is 28.4. The molecule has 1 fully saturated rings. The number of nitrogens with zero attached hydrogens (tertiary/aromatic N) is 2. The third-order valence-corrected chi connectivity index (χ3v) is 5.86. The monoisotopic (exact) mass is 505 g/mol. The van der Waals surface area contributed by atoms with Gasteiger partial charge in [0.1, 0.15) is 23.9 Å². The van der Waals surface area contributed by atoms with Crippen LogP contribution in [0.15, 0.2) is 29.3 Å². The van der Waals surface area contributed by atoms with E-state index in [9.17, 15) is 29.4 Å². The number of rotatable bonds is 12. The van der Waals surface area contributed by atoms with Crippen molar-refractivity contribution in [1.29, 1.82) is 0 Å². The Bertz CT molecular complexity index is 964. The lowest BCUT2D eigenvalue weighted by molar-refractivity contribution is -0.144. The molecule has 36 heavy (non-hydrogen) atoms. The van der Waals surface area contributed by atoms with E-state index in [0.29, 0.717) is 44.3 Å². The molecule has 13 nitrogen and oxygen atoms in total. The van der Waals surface area contributed by atoms with Crippen molar-refractivity contribution < 1.29 is 29.4 Å². The van der Waals surface area contributed by atoms with Gasteiger partial charge in [0.05, 0.1) is 6.04 Å². The molecular weight excluding hydrogens is 470 g/mol. The highest BCUT2D eigenvalue weighted by Gasteiger charge is 2.38. The molecule has 1 aliphatic heterocycles. The van der Waals surface area contributed by atoms with Crippen LogP contribution in [0.2, 0.25) is 0 Å². The zero-order valence-electron chi connectivity index (χ0n) is 20.2. The maximum Gasteiger partial charge on any atom is 0.326 e. The third kappa shape index (κ3) is 8.41. The van der Waals surface area contributed by atoms with Crippen molar-refractivity contribution in [3.05, 3.63) is 29.8 Å². The smallest absolute Gasteiger partial charge is 0.326 e. The number of carbonyl (C=O) groups excluding carboxylic acids is 3. The summed E-state index contributed by atoms with van der Waals surface area (Å²) >= 11 is 0. The Morgan fingerprint density at radius 2 is 1.83 bits per heavy atom. The Kier molecular flexibility index (Phi) is 10.5. The minimum atomic E-state index is -1.22. The SMILES string of the molecule is CC(NC(=O)C(N)CCCN=C(N)N)C(=O)N1CCCC1C(=O)NC(Cc1ccc(O)cc1)C(=O)O. The molecule has 0 spiro atoms. The van der Waals surface area contributed by atoms with E-state index in [2.05, 4.69) is 15.6 Å². The molecule has 0 saturated carbocycles. The lowest BCUT2D eigenvalue weighted by atomic mass is 10.0. The number of phenols is 1. The Labute approximate surface area is 209 Å². The highest BCUT2D eigenvalue weighted by molar-refractivity contribution is 5.94. The number of aliphatic imine (C=N–C) groups is 1. The van der Waals surface area contributed by atoms with Gasteiger partial charge in [-0.05, 0) is 50.3 Å². The number of aromatic hydroxyl groups is 1. The lowest BCUT2D eigenvalue weighted by Crippen LogP contribution is -2.56. The maximum absolute atomic E-state index is 13.0. The maximum atomic E-state index is 13.0. The Balaban J connectivity index is 1.94. The van der Waals surface area contributed by atoms with Gasteiger partial charge in [0, 0.05) is 19.5 Å². The number of carboxylic acid groups (broad SMARTS) is 1. The van der Waals surface area contributed by atoms with Crippen molar-refractivity contribution in [2.75, 3.05) is 13.1 Å². The van der Waals surface area contributed by atoms with Crippen LogP contribution in [0.5, 0.6) is 5.75 Å². The third-order valence-electron chi connectivity index (χ3n) is 5.86. The van der Waals surface area contributed by atoms with E-state index in [0.717, 1.165) is 0 Å². The van der Waals surface area contributed by atoms with Crippen LogP contribution in [0, 0.1) is 0 Å². The van der Waals surface area contributed by atoms with Crippen LogP contribution in [0.4, 0.5) is 0 Å². The first-order valence-corrected chi connectivity index (χ1v) is 11.7. The van der Waals surface area contributed by atoms with Crippen LogP contribution in [-0.2, 0) is 25.6 Å². The van der Waals surface area contributed by atoms with Crippen molar-refractivity contribution >= 4 is 29.7 Å². The Morgan fingerprint density at radius 1 is 1.17 bits per heavy atom. The summed E-state index contributed by atoms with van der Waals surface area (Å²) in [5, 5.41) is 24.1. The second-order valence-corrected chi connectivity index (χ2v) is 8.75. The fourth-order valence-electron chi connectivity index (χ4n) is 3.92. The molecule has 3 amide bonds. The minimum Gasteiger partial charge on any atom is -0.508 e. The summed E-state index contributed by atoms with van der Waals surface area (Å²) in [5.74, 6) is -2.78. The van der Waals surface area contributed by atoms with Crippen LogP contribution in [0.1, 0.15) is 38.2 Å². The van der Waals surface area contributed by atoms with E-state index in [-0.39, 0.29) is 18.1 Å². The number of hydrogen-bond acceptors (Lipinski definition) is 7. The zero-order chi connectivity index (χ0) is 26.8. The number of carbonyl (C=O) groups is 4. The molecule has 0 radical (unpaired) electrons. The summed E-state index contributed by atoms with van der Waals surface area (Å²) in [6.45, 7) is 2.13. The van der Waals surface area contributed by atoms with E-state index in [1.807, 2.05) is 0 Å². The predicted octanol–water partition coefficient (Wildman–Crippen LogP) is -1.62. The summed E-state index contributed by atoms with van der Waals surface area (Å²) in [7, 11) is 0. The van der Waals surface area contributed by atoms with Gasteiger partial charge in [-0.3, -0.25) is 19.4 Å². The first-order chi connectivity index (χ1) is 17.0. The van der Waals surface area contributed by atoms with E-state index in [4.69, 9.17) is 17.2 Å². The fourth-order valence-corrected chi connectivity index (χ4v) is 3.92.